The molecule has 1 aromatic heterocycles. The quantitative estimate of drug-likeness (QED) is 0.740. The third-order valence-corrected chi connectivity index (χ3v) is 4.70. The molecule has 138 valence electrons. The van der Waals surface area contributed by atoms with Gasteiger partial charge in [-0.1, -0.05) is 12.1 Å². The predicted molar refractivity (Wildman–Crippen MR) is 103 cm³/mol. The van der Waals surface area contributed by atoms with Crippen LogP contribution >= 0.6 is 0 Å². The summed E-state index contributed by atoms with van der Waals surface area (Å²) in [5, 5.41) is 5.77. The molecule has 1 fully saturated rings. The number of anilines is 1. The van der Waals surface area contributed by atoms with Crippen molar-refractivity contribution in [3.63, 3.8) is 0 Å². The summed E-state index contributed by atoms with van der Waals surface area (Å²) < 4.78 is 1.92. The van der Waals surface area contributed by atoms with E-state index < -0.39 is 0 Å². The van der Waals surface area contributed by atoms with E-state index in [0.717, 1.165) is 28.8 Å². The highest BCUT2D eigenvalue weighted by atomic mass is 16.2. The van der Waals surface area contributed by atoms with Gasteiger partial charge in [-0.05, 0) is 35.9 Å². The first-order chi connectivity index (χ1) is 13.1. The Balaban J connectivity index is 1.46. The van der Waals surface area contributed by atoms with E-state index >= 15 is 0 Å². The van der Waals surface area contributed by atoms with Crippen LogP contribution in [-0.2, 0) is 18.4 Å². The molecular formula is C20H21N5O2. The van der Waals surface area contributed by atoms with Crippen molar-refractivity contribution >= 4 is 28.5 Å². The molecule has 27 heavy (non-hydrogen) atoms. The summed E-state index contributed by atoms with van der Waals surface area (Å²) in [6, 6.07) is 13.2. The number of benzene rings is 2. The summed E-state index contributed by atoms with van der Waals surface area (Å²) in [4.78, 5) is 30.5. The Labute approximate surface area is 157 Å². The Hall–Kier alpha value is -3.19. The molecule has 0 bridgehead atoms. The number of aromatic nitrogens is 2. The zero-order valence-corrected chi connectivity index (χ0v) is 15.1. The van der Waals surface area contributed by atoms with E-state index in [2.05, 4.69) is 20.5 Å². The molecule has 0 atom stereocenters. The van der Waals surface area contributed by atoms with Gasteiger partial charge in [0.1, 0.15) is 0 Å². The highest BCUT2D eigenvalue weighted by Gasteiger charge is 2.16. The molecule has 1 aliphatic rings. The van der Waals surface area contributed by atoms with Crippen LogP contribution in [0.4, 0.5) is 5.69 Å². The SMILES string of the molecule is Cn1cnc2cc(C(=O)Nc3cccc(CN4CCNC(=O)C4)c3)ccc21. The van der Waals surface area contributed by atoms with Crippen LogP contribution in [0.15, 0.2) is 48.8 Å². The number of amides is 2. The number of nitrogens with one attached hydrogen (secondary N) is 2. The molecule has 7 heteroatoms. The van der Waals surface area contributed by atoms with Gasteiger partial charge in [-0.2, -0.15) is 0 Å². The second-order valence-corrected chi connectivity index (χ2v) is 6.77. The minimum Gasteiger partial charge on any atom is -0.354 e. The molecule has 2 aromatic carbocycles. The number of nitrogens with zero attached hydrogens (tertiary/aromatic N) is 3. The predicted octanol–water partition coefficient (Wildman–Crippen LogP) is 1.76. The molecule has 1 aliphatic heterocycles. The lowest BCUT2D eigenvalue weighted by Crippen LogP contribution is -2.47. The van der Waals surface area contributed by atoms with E-state index in [1.165, 1.54) is 0 Å². The van der Waals surface area contributed by atoms with Crippen molar-refractivity contribution in [2.75, 3.05) is 25.0 Å². The van der Waals surface area contributed by atoms with Gasteiger partial charge in [0.15, 0.2) is 0 Å². The van der Waals surface area contributed by atoms with Crippen molar-refractivity contribution in [1.29, 1.82) is 0 Å². The number of rotatable bonds is 4. The Kier molecular flexibility index (Phi) is 4.60. The smallest absolute Gasteiger partial charge is 0.255 e. The van der Waals surface area contributed by atoms with Gasteiger partial charge in [0.25, 0.3) is 5.91 Å². The maximum Gasteiger partial charge on any atom is 0.255 e. The average molecular weight is 363 g/mol. The molecule has 0 radical (unpaired) electrons. The fourth-order valence-corrected chi connectivity index (χ4v) is 3.31. The maximum absolute atomic E-state index is 12.6. The van der Waals surface area contributed by atoms with Crippen LogP contribution in [0.25, 0.3) is 11.0 Å². The number of aryl methyl sites for hydroxylation is 1. The van der Waals surface area contributed by atoms with Gasteiger partial charge in [-0.15, -0.1) is 0 Å². The lowest BCUT2D eigenvalue weighted by Gasteiger charge is -2.26. The molecule has 0 spiro atoms. The normalized spacial score (nSPS) is 14.9. The van der Waals surface area contributed by atoms with Gasteiger partial charge in [0, 0.05) is 37.9 Å². The summed E-state index contributed by atoms with van der Waals surface area (Å²) in [6.07, 6.45) is 1.73. The molecule has 0 aliphatic carbocycles. The van der Waals surface area contributed by atoms with Crippen molar-refractivity contribution < 1.29 is 9.59 Å². The van der Waals surface area contributed by atoms with E-state index in [1.54, 1.807) is 18.5 Å². The number of carbonyl (C=O) groups is 2. The fraction of sp³-hybridized carbons (Fsp3) is 0.250. The molecular weight excluding hydrogens is 342 g/mol. The minimum absolute atomic E-state index is 0.0515. The Bertz CT molecular complexity index is 1010. The van der Waals surface area contributed by atoms with Crippen molar-refractivity contribution in [3.05, 3.63) is 59.9 Å². The van der Waals surface area contributed by atoms with E-state index in [4.69, 9.17) is 0 Å². The van der Waals surface area contributed by atoms with Crippen molar-refractivity contribution in [2.24, 2.45) is 7.05 Å². The second-order valence-electron chi connectivity index (χ2n) is 6.77. The van der Waals surface area contributed by atoms with Crippen LogP contribution in [0.3, 0.4) is 0 Å². The summed E-state index contributed by atoms with van der Waals surface area (Å²) in [6.45, 7) is 2.58. The first-order valence-corrected chi connectivity index (χ1v) is 8.89. The molecule has 2 amide bonds. The highest BCUT2D eigenvalue weighted by Crippen LogP contribution is 2.17. The number of hydrogen-bond acceptors (Lipinski definition) is 4. The van der Waals surface area contributed by atoms with Crippen LogP contribution in [0.5, 0.6) is 0 Å². The molecule has 4 rings (SSSR count). The summed E-state index contributed by atoms with van der Waals surface area (Å²) >= 11 is 0. The van der Waals surface area contributed by atoms with Crippen LogP contribution in [0.1, 0.15) is 15.9 Å². The molecule has 0 saturated carbocycles. The van der Waals surface area contributed by atoms with Crippen molar-refractivity contribution in [3.8, 4) is 0 Å². The zero-order valence-electron chi connectivity index (χ0n) is 15.1. The first-order valence-electron chi connectivity index (χ1n) is 8.89. The molecule has 1 saturated heterocycles. The van der Waals surface area contributed by atoms with Crippen LogP contribution in [0.2, 0.25) is 0 Å². The van der Waals surface area contributed by atoms with Crippen LogP contribution < -0.4 is 10.6 Å². The van der Waals surface area contributed by atoms with E-state index in [9.17, 15) is 9.59 Å². The number of fused-ring (bicyclic) bond motifs is 1. The summed E-state index contributed by atoms with van der Waals surface area (Å²) in [7, 11) is 1.92. The van der Waals surface area contributed by atoms with Crippen LogP contribution in [-0.4, -0.2) is 45.9 Å². The number of carbonyl (C=O) groups excluding carboxylic acids is 2. The van der Waals surface area contributed by atoms with Crippen molar-refractivity contribution in [1.82, 2.24) is 19.8 Å². The van der Waals surface area contributed by atoms with E-state index in [-0.39, 0.29) is 11.8 Å². The molecule has 7 nitrogen and oxygen atoms in total. The fourth-order valence-electron chi connectivity index (χ4n) is 3.31. The van der Waals surface area contributed by atoms with Gasteiger partial charge in [0.05, 0.1) is 23.9 Å². The number of piperazine rings is 1. The summed E-state index contributed by atoms with van der Waals surface area (Å²) in [5.74, 6) is -0.118. The lowest BCUT2D eigenvalue weighted by molar-refractivity contribution is -0.124. The third kappa shape index (κ3) is 3.83. The number of imidazole rings is 1. The molecule has 0 unspecified atom stereocenters. The standard InChI is InChI=1S/C20H21N5O2/c1-24-13-22-17-10-15(5-6-18(17)24)20(27)23-16-4-2-3-14(9-16)11-25-8-7-21-19(26)12-25/h2-6,9-10,13H,7-8,11-12H2,1H3,(H,21,26)(H,23,27). The zero-order chi connectivity index (χ0) is 18.8. The monoisotopic (exact) mass is 363 g/mol. The van der Waals surface area contributed by atoms with Gasteiger partial charge >= 0.3 is 0 Å². The van der Waals surface area contributed by atoms with Crippen LogP contribution in [0, 0.1) is 0 Å². The van der Waals surface area contributed by atoms with Gasteiger partial charge in [0.2, 0.25) is 5.91 Å². The van der Waals surface area contributed by atoms with Gasteiger partial charge in [-0.25, -0.2) is 4.98 Å². The lowest BCUT2D eigenvalue weighted by atomic mass is 10.1. The molecule has 2 heterocycles. The minimum atomic E-state index is -0.169. The highest BCUT2D eigenvalue weighted by molar-refractivity contribution is 6.05. The maximum atomic E-state index is 12.6. The Morgan fingerprint density at radius 1 is 1.26 bits per heavy atom. The molecule has 2 N–H and O–H groups in total. The molecule has 3 aromatic rings. The topological polar surface area (TPSA) is 79.3 Å². The summed E-state index contributed by atoms with van der Waals surface area (Å²) in [5.41, 5.74) is 4.14. The van der Waals surface area contributed by atoms with Crippen molar-refractivity contribution in [2.45, 2.75) is 6.54 Å². The third-order valence-electron chi connectivity index (χ3n) is 4.70. The van der Waals surface area contributed by atoms with E-state index in [0.29, 0.717) is 25.2 Å². The Morgan fingerprint density at radius 3 is 3.00 bits per heavy atom. The first kappa shape index (κ1) is 17.2. The average Bonchev–Trinajstić information content (AvgIpc) is 3.02. The van der Waals surface area contributed by atoms with Gasteiger partial charge in [-0.3, -0.25) is 14.5 Å². The number of hydrogen-bond donors (Lipinski definition) is 2. The largest absolute Gasteiger partial charge is 0.354 e. The van der Waals surface area contributed by atoms with E-state index in [1.807, 2.05) is 41.9 Å². The second kappa shape index (κ2) is 7.20. The Morgan fingerprint density at radius 2 is 2.15 bits per heavy atom. The van der Waals surface area contributed by atoms with Gasteiger partial charge < -0.3 is 15.2 Å².